The number of hydrogen-bond donors (Lipinski definition) is 0. The highest BCUT2D eigenvalue weighted by atomic mass is 16.1. The molecule has 11 heavy (non-hydrogen) atoms. The second kappa shape index (κ2) is 4.12. The predicted molar refractivity (Wildman–Crippen MR) is 48.4 cm³/mol. The van der Waals surface area contributed by atoms with Crippen LogP contribution in [0.3, 0.4) is 0 Å². The zero-order chi connectivity index (χ0) is 8.91. The first-order valence-electron chi connectivity index (χ1n) is 3.82. The maximum atomic E-state index is 11.3. The van der Waals surface area contributed by atoms with Gasteiger partial charge in [-0.3, -0.25) is 4.79 Å². The summed E-state index contributed by atoms with van der Waals surface area (Å²) in [5, 5.41) is 0. The fraction of sp³-hybridized carbons (Fsp3) is 0.500. The van der Waals surface area contributed by atoms with Crippen LogP contribution < -0.4 is 0 Å². The third-order valence-electron chi connectivity index (χ3n) is 1.64. The van der Waals surface area contributed by atoms with Gasteiger partial charge in [0, 0.05) is 5.41 Å². The molecule has 62 valence electrons. The molecule has 1 heteroatoms. The van der Waals surface area contributed by atoms with Gasteiger partial charge in [-0.1, -0.05) is 26.0 Å². The van der Waals surface area contributed by atoms with Gasteiger partial charge >= 0.3 is 0 Å². The van der Waals surface area contributed by atoms with Gasteiger partial charge < -0.3 is 0 Å². The molecule has 0 aromatic carbocycles. The Morgan fingerprint density at radius 1 is 1.55 bits per heavy atom. The molecule has 0 aromatic rings. The van der Waals surface area contributed by atoms with Crippen LogP contribution >= 0.6 is 0 Å². The van der Waals surface area contributed by atoms with Gasteiger partial charge in [-0.2, -0.15) is 0 Å². The van der Waals surface area contributed by atoms with E-state index >= 15 is 0 Å². The average Bonchev–Trinajstić information content (AvgIpc) is 1.88. The second-order valence-corrected chi connectivity index (χ2v) is 3.24. The summed E-state index contributed by atoms with van der Waals surface area (Å²) in [6.07, 6.45) is 5.90. The van der Waals surface area contributed by atoms with Crippen LogP contribution in [0.1, 0.15) is 27.2 Å². The van der Waals surface area contributed by atoms with E-state index < -0.39 is 0 Å². The van der Waals surface area contributed by atoms with Gasteiger partial charge in [-0.05, 0) is 19.4 Å². The molecule has 0 saturated heterocycles. The Balaban J connectivity index is 4.28. The number of rotatable bonds is 4. The Bertz CT molecular complexity index is 175. The standard InChI is InChI=1S/C10H16O/c1-5-7-9(11)10(3,4)8-6-2/h5-7H,2,8H2,1,3-4H3/b7-5+. The molecule has 0 bridgehead atoms. The summed E-state index contributed by atoms with van der Waals surface area (Å²) in [6, 6.07) is 0. The average molecular weight is 152 g/mol. The van der Waals surface area contributed by atoms with Crippen molar-refractivity contribution in [1.29, 1.82) is 0 Å². The molecule has 1 nitrogen and oxygen atoms in total. The highest BCUT2D eigenvalue weighted by Crippen LogP contribution is 2.22. The normalized spacial score (nSPS) is 11.9. The van der Waals surface area contributed by atoms with Crippen molar-refractivity contribution in [2.45, 2.75) is 27.2 Å². The van der Waals surface area contributed by atoms with E-state index in [0.717, 1.165) is 6.42 Å². The first kappa shape index (κ1) is 10.2. The summed E-state index contributed by atoms with van der Waals surface area (Å²) in [5.41, 5.74) is -0.283. The molecule has 0 amide bonds. The van der Waals surface area contributed by atoms with E-state index in [1.807, 2.05) is 20.8 Å². The third-order valence-corrected chi connectivity index (χ3v) is 1.64. The molecular formula is C10H16O. The van der Waals surface area contributed by atoms with Crippen LogP contribution in [-0.2, 0) is 4.79 Å². The first-order valence-corrected chi connectivity index (χ1v) is 3.82. The largest absolute Gasteiger partial charge is 0.294 e. The number of carbonyl (C=O) groups is 1. The van der Waals surface area contributed by atoms with Crippen LogP contribution in [0.4, 0.5) is 0 Å². The third kappa shape index (κ3) is 3.17. The van der Waals surface area contributed by atoms with E-state index in [-0.39, 0.29) is 11.2 Å². The Morgan fingerprint density at radius 2 is 2.09 bits per heavy atom. The number of ketones is 1. The minimum absolute atomic E-state index is 0.167. The quantitative estimate of drug-likeness (QED) is 0.447. The van der Waals surface area contributed by atoms with E-state index in [9.17, 15) is 4.79 Å². The number of carbonyl (C=O) groups excluding carboxylic acids is 1. The van der Waals surface area contributed by atoms with E-state index in [1.54, 1.807) is 18.2 Å². The summed E-state index contributed by atoms with van der Waals surface area (Å²) >= 11 is 0. The maximum absolute atomic E-state index is 11.3. The molecule has 0 unspecified atom stereocenters. The molecule has 0 aromatic heterocycles. The number of hydrogen-bond acceptors (Lipinski definition) is 1. The van der Waals surface area contributed by atoms with Gasteiger partial charge in [0.15, 0.2) is 5.78 Å². The van der Waals surface area contributed by atoms with Crippen molar-refractivity contribution in [2.75, 3.05) is 0 Å². The van der Waals surface area contributed by atoms with E-state index in [2.05, 4.69) is 6.58 Å². The topological polar surface area (TPSA) is 17.1 Å². The fourth-order valence-electron chi connectivity index (χ4n) is 0.838. The van der Waals surface area contributed by atoms with Crippen molar-refractivity contribution in [2.24, 2.45) is 5.41 Å². The Kier molecular flexibility index (Phi) is 3.80. The molecule has 0 heterocycles. The lowest BCUT2D eigenvalue weighted by Gasteiger charge is -2.18. The van der Waals surface area contributed by atoms with Crippen LogP contribution in [0.25, 0.3) is 0 Å². The van der Waals surface area contributed by atoms with Crippen LogP contribution in [-0.4, -0.2) is 5.78 Å². The van der Waals surface area contributed by atoms with Gasteiger partial charge in [-0.15, -0.1) is 6.58 Å². The van der Waals surface area contributed by atoms with Crippen molar-refractivity contribution in [3.63, 3.8) is 0 Å². The highest BCUT2D eigenvalue weighted by Gasteiger charge is 2.22. The zero-order valence-electron chi connectivity index (χ0n) is 7.55. The van der Waals surface area contributed by atoms with Crippen molar-refractivity contribution in [3.8, 4) is 0 Å². The van der Waals surface area contributed by atoms with Crippen LogP contribution in [0, 0.1) is 5.41 Å². The Hall–Kier alpha value is -0.850. The van der Waals surface area contributed by atoms with Crippen molar-refractivity contribution < 1.29 is 4.79 Å². The minimum atomic E-state index is -0.283. The van der Waals surface area contributed by atoms with Gasteiger partial charge in [0.05, 0.1) is 0 Å². The monoisotopic (exact) mass is 152 g/mol. The van der Waals surface area contributed by atoms with E-state index in [4.69, 9.17) is 0 Å². The molecule has 0 aliphatic heterocycles. The molecule has 0 rings (SSSR count). The van der Waals surface area contributed by atoms with E-state index in [0.29, 0.717) is 0 Å². The Morgan fingerprint density at radius 3 is 2.45 bits per heavy atom. The Labute approximate surface area is 68.8 Å². The fourth-order valence-corrected chi connectivity index (χ4v) is 0.838. The van der Waals surface area contributed by atoms with E-state index in [1.165, 1.54) is 0 Å². The summed E-state index contributed by atoms with van der Waals surface area (Å²) in [6.45, 7) is 9.32. The van der Waals surface area contributed by atoms with Gasteiger partial charge in [0.2, 0.25) is 0 Å². The van der Waals surface area contributed by atoms with Gasteiger partial charge in [-0.25, -0.2) is 0 Å². The summed E-state index contributed by atoms with van der Waals surface area (Å²) in [7, 11) is 0. The molecular weight excluding hydrogens is 136 g/mol. The van der Waals surface area contributed by atoms with Gasteiger partial charge in [0.25, 0.3) is 0 Å². The van der Waals surface area contributed by atoms with Crippen molar-refractivity contribution >= 4 is 5.78 Å². The molecule has 0 radical (unpaired) electrons. The lowest BCUT2D eigenvalue weighted by molar-refractivity contribution is -0.122. The minimum Gasteiger partial charge on any atom is -0.294 e. The number of allylic oxidation sites excluding steroid dienone is 3. The SMILES string of the molecule is C=CCC(C)(C)C(=O)/C=C/C. The molecule has 0 N–H and O–H groups in total. The molecule has 0 aliphatic rings. The molecule has 0 saturated carbocycles. The summed E-state index contributed by atoms with van der Waals surface area (Å²) < 4.78 is 0. The lowest BCUT2D eigenvalue weighted by atomic mass is 9.84. The van der Waals surface area contributed by atoms with Gasteiger partial charge in [0.1, 0.15) is 0 Å². The van der Waals surface area contributed by atoms with Crippen LogP contribution in [0.15, 0.2) is 24.8 Å². The highest BCUT2D eigenvalue weighted by molar-refractivity contribution is 5.94. The maximum Gasteiger partial charge on any atom is 0.161 e. The van der Waals surface area contributed by atoms with Crippen LogP contribution in [0.5, 0.6) is 0 Å². The van der Waals surface area contributed by atoms with Crippen molar-refractivity contribution in [1.82, 2.24) is 0 Å². The summed E-state index contributed by atoms with van der Waals surface area (Å²) in [5.74, 6) is 0.167. The molecule has 0 fully saturated rings. The predicted octanol–water partition coefficient (Wildman–Crippen LogP) is 2.73. The smallest absolute Gasteiger partial charge is 0.161 e. The molecule has 0 aliphatic carbocycles. The summed E-state index contributed by atoms with van der Waals surface area (Å²) in [4.78, 5) is 11.3. The van der Waals surface area contributed by atoms with Crippen molar-refractivity contribution in [3.05, 3.63) is 24.8 Å². The lowest BCUT2D eigenvalue weighted by Crippen LogP contribution is -2.21. The second-order valence-electron chi connectivity index (χ2n) is 3.24. The first-order chi connectivity index (χ1) is 5.04. The van der Waals surface area contributed by atoms with Crippen LogP contribution in [0.2, 0.25) is 0 Å². The molecule has 0 spiro atoms. The zero-order valence-corrected chi connectivity index (χ0v) is 7.55. The molecule has 0 atom stereocenters.